The largest absolute Gasteiger partial charge is 0.478 e. The predicted molar refractivity (Wildman–Crippen MR) is 72.1 cm³/mol. The maximum absolute atomic E-state index is 10.9. The lowest BCUT2D eigenvalue weighted by Crippen LogP contribution is -2.08. The molecule has 0 spiro atoms. The second-order valence-corrected chi connectivity index (χ2v) is 5.53. The molecule has 1 aliphatic carbocycles. The van der Waals surface area contributed by atoms with Gasteiger partial charge in [0.2, 0.25) is 5.16 Å². The Balaban J connectivity index is 1.96. The summed E-state index contributed by atoms with van der Waals surface area (Å²) in [5, 5.41) is 21.5. The van der Waals surface area contributed by atoms with Crippen LogP contribution in [-0.2, 0) is 4.79 Å². The second kappa shape index (κ2) is 6.70. The maximum Gasteiger partial charge on any atom is 0.331 e. The lowest BCUT2D eigenvalue weighted by Gasteiger charge is -2.10. The van der Waals surface area contributed by atoms with Gasteiger partial charge >= 0.3 is 5.97 Å². The van der Waals surface area contributed by atoms with E-state index in [0.717, 1.165) is 18.0 Å². The van der Waals surface area contributed by atoms with Gasteiger partial charge < -0.3 is 5.11 Å². The summed E-state index contributed by atoms with van der Waals surface area (Å²) in [6.07, 6.45) is 6.98. The first-order chi connectivity index (χ1) is 9.22. The molecule has 0 radical (unpaired) electrons. The van der Waals surface area contributed by atoms with E-state index in [4.69, 9.17) is 5.11 Å². The first kappa shape index (κ1) is 14.0. The molecular weight excluding hydrogens is 264 g/mol. The summed E-state index contributed by atoms with van der Waals surface area (Å²) < 4.78 is 1.89. The van der Waals surface area contributed by atoms with E-state index in [-0.39, 0.29) is 0 Å². The minimum Gasteiger partial charge on any atom is -0.478 e. The van der Waals surface area contributed by atoms with Gasteiger partial charge in [-0.15, -0.1) is 5.10 Å². The highest BCUT2D eigenvalue weighted by Gasteiger charge is 2.21. The monoisotopic (exact) mass is 282 g/mol. The van der Waals surface area contributed by atoms with Crippen molar-refractivity contribution in [3.8, 4) is 0 Å². The van der Waals surface area contributed by atoms with Crippen molar-refractivity contribution in [1.82, 2.24) is 20.2 Å². The van der Waals surface area contributed by atoms with Crippen LogP contribution in [0.2, 0.25) is 0 Å². The summed E-state index contributed by atoms with van der Waals surface area (Å²) in [7, 11) is 0. The van der Waals surface area contributed by atoms with Crippen molar-refractivity contribution in [1.29, 1.82) is 0 Å². The molecule has 1 aromatic rings. The lowest BCUT2D eigenvalue weighted by molar-refractivity contribution is -0.132. The van der Waals surface area contributed by atoms with Gasteiger partial charge in [-0.25, -0.2) is 9.48 Å². The molecule has 7 heteroatoms. The number of carboxylic acids is 1. The molecule has 104 valence electrons. The van der Waals surface area contributed by atoms with Crippen LogP contribution in [-0.4, -0.2) is 37.0 Å². The fourth-order valence-electron chi connectivity index (χ4n) is 2.26. The Hall–Kier alpha value is -1.37. The predicted octanol–water partition coefficient (Wildman–Crippen LogP) is 2.30. The third kappa shape index (κ3) is 3.56. The minimum absolute atomic E-state index is 0.409. The average molecular weight is 282 g/mol. The van der Waals surface area contributed by atoms with Crippen LogP contribution in [0.15, 0.2) is 16.8 Å². The fraction of sp³-hybridized carbons (Fsp3) is 0.667. The summed E-state index contributed by atoms with van der Waals surface area (Å²) in [5.41, 5.74) is 0.437. The number of aromatic nitrogens is 4. The molecule has 0 unspecified atom stereocenters. The van der Waals surface area contributed by atoms with E-state index in [1.54, 1.807) is 6.08 Å². The maximum atomic E-state index is 10.9. The zero-order valence-corrected chi connectivity index (χ0v) is 11.8. The van der Waals surface area contributed by atoms with Gasteiger partial charge in [0, 0.05) is 11.3 Å². The third-order valence-corrected chi connectivity index (χ3v) is 4.19. The molecule has 0 saturated heterocycles. The van der Waals surface area contributed by atoms with Crippen molar-refractivity contribution in [2.45, 2.75) is 50.2 Å². The average Bonchev–Trinajstić information content (AvgIpc) is 3.04. The number of carboxylic acid groups (broad SMARTS) is 1. The molecule has 1 fully saturated rings. The van der Waals surface area contributed by atoms with E-state index in [1.807, 2.05) is 11.6 Å². The van der Waals surface area contributed by atoms with E-state index < -0.39 is 5.97 Å². The van der Waals surface area contributed by atoms with Gasteiger partial charge in [-0.05, 0) is 29.7 Å². The molecule has 0 amide bonds. The summed E-state index contributed by atoms with van der Waals surface area (Å²) in [4.78, 5) is 10.9. The quantitative estimate of drug-likeness (QED) is 0.637. The number of nitrogens with zero attached hydrogens (tertiary/aromatic N) is 4. The summed E-state index contributed by atoms with van der Waals surface area (Å²) in [5.74, 6) is -0.263. The number of carbonyl (C=O) groups is 1. The molecule has 0 aliphatic heterocycles. The molecule has 6 nitrogen and oxygen atoms in total. The fourth-order valence-corrected chi connectivity index (χ4v) is 3.10. The molecule has 1 N–H and O–H groups in total. The summed E-state index contributed by atoms with van der Waals surface area (Å²) >= 11 is 1.49. The van der Waals surface area contributed by atoms with Crippen LogP contribution in [0, 0.1) is 0 Å². The number of thioether (sulfide) groups is 1. The topological polar surface area (TPSA) is 80.9 Å². The molecule has 0 bridgehead atoms. The van der Waals surface area contributed by atoms with Crippen LogP contribution < -0.4 is 0 Å². The Morgan fingerprint density at radius 1 is 1.53 bits per heavy atom. The van der Waals surface area contributed by atoms with Gasteiger partial charge in [-0.3, -0.25) is 0 Å². The second-order valence-electron chi connectivity index (χ2n) is 4.54. The molecule has 1 heterocycles. The molecular formula is C12H18N4O2S. The van der Waals surface area contributed by atoms with Gasteiger partial charge in [-0.2, -0.15) is 0 Å². The van der Waals surface area contributed by atoms with E-state index in [9.17, 15) is 4.79 Å². The molecule has 1 saturated carbocycles. The number of hydrogen-bond donors (Lipinski definition) is 1. The number of hydrogen-bond acceptors (Lipinski definition) is 5. The lowest BCUT2D eigenvalue weighted by atomic mass is 10.2. The Morgan fingerprint density at radius 3 is 2.89 bits per heavy atom. The Kier molecular flexibility index (Phi) is 4.95. The highest BCUT2D eigenvalue weighted by Crippen LogP contribution is 2.31. The molecule has 2 rings (SSSR count). The van der Waals surface area contributed by atoms with Gasteiger partial charge in [0.05, 0.1) is 6.04 Å². The zero-order valence-electron chi connectivity index (χ0n) is 10.9. The molecule has 19 heavy (non-hydrogen) atoms. The smallest absolute Gasteiger partial charge is 0.331 e. The van der Waals surface area contributed by atoms with E-state index in [1.165, 1.54) is 24.6 Å². The first-order valence-electron chi connectivity index (χ1n) is 6.55. The van der Waals surface area contributed by atoms with Gasteiger partial charge in [-0.1, -0.05) is 37.6 Å². The Bertz CT molecular complexity index is 466. The normalized spacial score (nSPS) is 17.0. The standard InChI is InChI=1S/C12H18N4O2S/c1-2-9(11(17)18)7-8-19-12-13-14-15-16(12)10-5-3-4-6-10/h7,10H,2-6,8H2,1H3,(H,17,18). The number of aliphatic carboxylic acids is 1. The Labute approximate surface area is 116 Å². The molecule has 0 atom stereocenters. The molecule has 0 aromatic carbocycles. The van der Waals surface area contributed by atoms with Gasteiger partial charge in [0.15, 0.2) is 0 Å². The van der Waals surface area contributed by atoms with Crippen LogP contribution in [0.3, 0.4) is 0 Å². The van der Waals surface area contributed by atoms with Crippen molar-refractivity contribution in [2.75, 3.05) is 5.75 Å². The summed E-state index contributed by atoms with van der Waals surface area (Å²) in [6.45, 7) is 1.84. The van der Waals surface area contributed by atoms with E-state index in [2.05, 4.69) is 15.5 Å². The van der Waals surface area contributed by atoms with Crippen molar-refractivity contribution >= 4 is 17.7 Å². The van der Waals surface area contributed by atoms with Crippen LogP contribution in [0.4, 0.5) is 0 Å². The van der Waals surface area contributed by atoms with Crippen molar-refractivity contribution in [3.05, 3.63) is 11.6 Å². The van der Waals surface area contributed by atoms with Crippen molar-refractivity contribution < 1.29 is 9.90 Å². The first-order valence-corrected chi connectivity index (χ1v) is 7.54. The SMILES string of the molecule is CCC(=CCSc1nnnn1C1CCCC1)C(=O)O. The Morgan fingerprint density at radius 2 is 2.26 bits per heavy atom. The number of rotatable bonds is 6. The molecule has 1 aromatic heterocycles. The zero-order chi connectivity index (χ0) is 13.7. The van der Waals surface area contributed by atoms with Crippen molar-refractivity contribution in [3.63, 3.8) is 0 Å². The van der Waals surface area contributed by atoms with Crippen LogP contribution in [0.1, 0.15) is 45.1 Å². The van der Waals surface area contributed by atoms with Crippen LogP contribution in [0.25, 0.3) is 0 Å². The van der Waals surface area contributed by atoms with Gasteiger partial charge in [0.25, 0.3) is 0 Å². The van der Waals surface area contributed by atoms with E-state index in [0.29, 0.717) is 23.8 Å². The minimum atomic E-state index is -0.849. The van der Waals surface area contributed by atoms with E-state index >= 15 is 0 Å². The number of tetrazole rings is 1. The van der Waals surface area contributed by atoms with Crippen LogP contribution >= 0.6 is 11.8 Å². The molecule has 1 aliphatic rings. The highest BCUT2D eigenvalue weighted by atomic mass is 32.2. The van der Waals surface area contributed by atoms with Crippen molar-refractivity contribution in [2.24, 2.45) is 0 Å². The van der Waals surface area contributed by atoms with Crippen LogP contribution in [0.5, 0.6) is 0 Å². The summed E-state index contributed by atoms with van der Waals surface area (Å²) in [6, 6.07) is 0.409. The third-order valence-electron chi connectivity index (χ3n) is 3.33. The van der Waals surface area contributed by atoms with Gasteiger partial charge in [0.1, 0.15) is 0 Å². The highest BCUT2D eigenvalue weighted by molar-refractivity contribution is 7.99.